The van der Waals surface area contributed by atoms with Crippen molar-refractivity contribution < 1.29 is 14.3 Å². The molecule has 0 fully saturated rings. The van der Waals surface area contributed by atoms with Crippen molar-refractivity contribution in [2.24, 2.45) is 0 Å². The first-order chi connectivity index (χ1) is 19.8. The van der Waals surface area contributed by atoms with Gasteiger partial charge in [0, 0.05) is 34.7 Å². The van der Waals surface area contributed by atoms with Crippen LogP contribution in [0.3, 0.4) is 0 Å². The second-order valence-corrected chi connectivity index (χ2v) is 10.6. The van der Waals surface area contributed by atoms with Gasteiger partial charge in [0.1, 0.15) is 24.2 Å². The van der Waals surface area contributed by atoms with Gasteiger partial charge in [0.2, 0.25) is 5.91 Å². The molecule has 0 spiro atoms. The van der Waals surface area contributed by atoms with Crippen LogP contribution < -0.4 is 20.1 Å². The highest BCUT2D eigenvalue weighted by Gasteiger charge is 2.17. The Morgan fingerprint density at radius 3 is 2.66 bits per heavy atom. The van der Waals surface area contributed by atoms with E-state index in [1.165, 1.54) is 6.20 Å². The molecule has 2 heterocycles. The molecule has 0 radical (unpaired) electrons. The molecule has 41 heavy (non-hydrogen) atoms. The van der Waals surface area contributed by atoms with E-state index in [0.29, 0.717) is 59.0 Å². The number of aromatic nitrogens is 2. The van der Waals surface area contributed by atoms with Crippen LogP contribution in [0.4, 0.5) is 17.1 Å². The van der Waals surface area contributed by atoms with Gasteiger partial charge in [-0.15, -0.1) is 0 Å². The predicted molar refractivity (Wildman–Crippen MR) is 165 cm³/mol. The first kappa shape index (κ1) is 29.8. The fourth-order valence-corrected chi connectivity index (χ4v) is 4.68. The summed E-state index contributed by atoms with van der Waals surface area (Å²) in [6.07, 6.45) is 4.39. The number of halogens is 1. The molecule has 2 aromatic heterocycles. The number of hydrogen-bond donors (Lipinski definition) is 2. The third-order valence-corrected chi connectivity index (χ3v) is 7.02. The SMILES string of the molecule is CCOc1cc2ncc(C#N)c(Nc3ccc(OCc4ncccc4C)cc3Br)c2cc1NC(=O)CCCN(C)C. The van der Waals surface area contributed by atoms with Crippen molar-refractivity contribution in [3.05, 3.63) is 76.2 Å². The number of hydrogen-bond acceptors (Lipinski definition) is 8. The van der Waals surface area contributed by atoms with Crippen molar-refractivity contribution in [2.45, 2.75) is 33.3 Å². The molecule has 0 saturated heterocycles. The van der Waals surface area contributed by atoms with E-state index in [1.807, 2.05) is 63.2 Å². The maximum absolute atomic E-state index is 12.7. The van der Waals surface area contributed by atoms with Gasteiger partial charge in [-0.05, 0) is 92.7 Å². The quantitative estimate of drug-likeness (QED) is 0.184. The van der Waals surface area contributed by atoms with Crippen molar-refractivity contribution in [2.75, 3.05) is 37.9 Å². The largest absolute Gasteiger partial charge is 0.492 e. The number of anilines is 3. The average molecular weight is 618 g/mol. The molecule has 4 aromatic rings. The van der Waals surface area contributed by atoms with E-state index in [-0.39, 0.29) is 5.91 Å². The summed E-state index contributed by atoms with van der Waals surface area (Å²) < 4.78 is 12.5. The third kappa shape index (κ3) is 7.72. The Labute approximate surface area is 248 Å². The number of nitrogens with one attached hydrogen (secondary N) is 2. The molecule has 2 aromatic carbocycles. The minimum Gasteiger partial charge on any atom is -0.492 e. The lowest BCUT2D eigenvalue weighted by atomic mass is 10.1. The summed E-state index contributed by atoms with van der Waals surface area (Å²) in [4.78, 5) is 23.6. The lowest BCUT2D eigenvalue weighted by Gasteiger charge is -2.17. The molecule has 0 aliphatic carbocycles. The number of ether oxygens (including phenoxy) is 2. The number of benzene rings is 2. The zero-order valence-electron chi connectivity index (χ0n) is 23.6. The highest BCUT2D eigenvalue weighted by atomic mass is 79.9. The van der Waals surface area contributed by atoms with Crippen LogP contribution in [-0.2, 0) is 11.4 Å². The highest BCUT2D eigenvalue weighted by Crippen LogP contribution is 2.38. The van der Waals surface area contributed by atoms with Gasteiger partial charge in [0.15, 0.2) is 0 Å². The van der Waals surface area contributed by atoms with Crippen LogP contribution in [0.1, 0.15) is 36.6 Å². The molecule has 9 nitrogen and oxygen atoms in total. The number of carbonyl (C=O) groups is 1. The minimum atomic E-state index is -0.106. The van der Waals surface area contributed by atoms with Gasteiger partial charge in [-0.2, -0.15) is 5.26 Å². The molecule has 0 aliphatic heterocycles. The Bertz CT molecular complexity index is 1580. The van der Waals surface area contributed by atoms with Gasteiger partial charge in [-0.25, -0.2) is 0 Å². The van der Waals surface area contributed by atoms with E-state index in [0.717, 1.165) is 34.4 Å². The van der Waals surface area contributed by atoms with Gasteiger partial charge in [0.05, 0.1) is 40.4 Å². The van der Waals surface area contributed by atoms with Gasteiger partial charge < -0.3 is 25.0 Å². The van der Waals surface area contributed by atoms with E-state index in [2.05, 4.69) is 42.6 Å². The smallest absolute Gasteiger partial charge is 0.224 e. The molecule has 4 rings (SSSR count). The molecule has 2 N–H and O–H groups in total. The van der Waals surface area contributed by atoms with Crippen molar-refractivity contribution in [3.8, 4) is 17.6 Å². The predicted octanol–water partition coefficient (Wildman–Crippen LogP) is 6.57. The Balaban J connectivity index is 1.62. The van der Waals surface area contributed by atoms with Gasteiger partial charge in [-0.3, -0.25) is 14.8 Å². The molecule has 0 saturated carbocycles. The fourth-order valence-electron chi connectivity index (χ4n) is 4.22. The minimum absolute atomic E-state index is 0.106. The van der Waals surface area contributed by atoms with E-state index in [4.69, 9.17) is 9.47 Å². The summed E-state index contributed by atoms with van der Waals surface area (Å²) in [5, 5.41) is 16.9. The zero-order valence-corrected chi connectivity index (χ0v) is 25.2. The summed E-state index contributed by atoms with van der Waals surface area (Å²) in [5.74, 6) is 1.09. The van der Waals surface area contributed by atoms with Crippen molar-refractivity contribution in [1.29, 1.82) is 5.26 Å². The van der Waals surface area contributed by atoms with Crippen LogP contribution in [0.15, 0.2) is 59.3 Å². The number of carbonyl (C=O) groups excluding carboxylic acids is 1. The lowest BCUT2D eigenvalue weighted by Crippen LogP contribution is -2.17. The summed E-state index contributed by atoms with van der Waals surface area (Å²) in [6, 6.07) is 15.3. The maximum Gasteiger partial charge on any atom is 0.224 e. The third-order valence-electron chi connectivity index (χ3n) is 6.37. The molecular weight excluding hydrogens is 584 g/mol. The monoisotopic (exact) mass is 616 g/mol. The fraction of sp³-hybridized carbons (Fsp3) is 0.290. The van der Waals surface area contributed by atoms with Crippen molar-refractivity contribution in [1.82, 2.24) is 14.9 Å². The van der Waals surface area contributed by atoms with Crippen LogP contribution >= 0.6 is 15.9 Å². The second kappa shape index (κ2) is 13.9. The van der Waals surface area contributed by atoms with Crippen LogP contribution in [0.5, 0.6) is 11.5 Å². The van der Waals surface area contributed by atoms with Crippen molar-refractivity contribution >= 4 is 49.8 Å². The molecule has 10 heteroatoms. The normalized spacial score (nSPS) is 10.9. The topological polar surface area (TPSA) is 112 Å². The zero-order chi connectivity index (χ0) is 29.4. The second-order valence-electron chi connectivity index (χ2n) is 9.73. The Kier molecular flexibility index (Phi) is 10.1. The van der Waals surface area contributed by atoms with Crippen LogP contribution in [-0.4, -0.2) is 48.0 Å². The molecule has 0 atom stereocenters. The lowest BCUT2D eigenvalue weighted by molar-refractivity contribution is -0.116. The van der Waals surface area contributed by atoms with Crippen LogP contribution in [0, 0.1) is 18.3 Å². The van der Waals surface area contributed by atoms with Gasteiger partial charge in [0.25, 0.3) is 0 Å². The van der Waals surface area contributed by atoms with Gasteiger partial charge in [-0.1, -0.05) is 6.07 Å². The Hall–Kier alpha value is -4.20. The standard InChI is InChI=1S/C31H33BrN6O3/c1-5-40-29-16-26-23(15-27(29)36-30(39)9-7-13-38(3)4)31(21(17-33)18-35-26)37-25-11-10-22(14-24(25)32)41-19-28-20(2)8-6-12-34-28/h6,8,10-12,14-16,18H,5,7,9,13,19H2,1-4H3,(H,35,37)(H,36,39). The number of nitrogens with zero attached hydrogens (tertiary/aromatic N) is 4. The molecule has 0 bridgehead atoms. The van der Waals surface area contributed by atoms with E-state index < -0.39 is 0 Å². The van der Waals surface area contributed by atoms with E-state index in [1.54, 1.807) is 18.3 Å². The maximum atomic E-state index is 12.7. The molecule has 212 valence electrons. The average Bonchev–Trinajstić information content (AvgIpc) is 2.94. The first-order valence-corrected chi connectivity index (χ1v) is 14.1. The number of rotatable bonds is 12. The van der Waals surface area contributed by atoms with E-state index in [9.17, 15) is 10.1 Å². The highest BCUT2D eigenvalue weighted by molar-refractivity contribution is 9.10. The summed E-state index contributed by atoms with van der Waals surface area (Å²) in [7, 11) is 3.95. The number of fused-ring (bicyclic) bond motifs is 1. The first-order valence-electron chi connectivity index (χ1n) is 13.3. The molecule has 0 unspecified atom stereocenters. The number of amides is 1. The summed E-state index contributed by atoms with van der Waals surface area (Å²) in [6.45, 7) is 5.48. The molecular formula is C31H33BrN6O3. The number of aryl methyl sites for hydroxylation is 1. The summed E-state index contributed by atoms with van der Waals surface area (Å²) in [5.41, 5.74) is 4.77. The number of nitriles is 1. The van der Waals surface area contributed by atoms with Gasteiger partial charge >= 0.3 is 0 Å². The van der Waals surface area contributed by atoms with Crippen molar-refractivity contribution in [3.63, 3.8) is 0 Å². The Morgan fingerprint density at radius 1 is 1.12 bits per heavy atom. The number of pyridine rings is 2. The molecule has 0 aliphatic rings. The van der Waals surface area contributed by atoms with Crippen LogP contribution in [0.25, 0.3) is 10.9 Å². The summed E-state index contributed by atoms with van der Waals surface area (Å²) >= 11 is 3.63. The Morgan fingerprint density at radius 2 is 1.95 bits per heavy atom. The van der Waals surface area contributed by atoms with Crippen LogP contribution in [0.2, 0.25) is 0 Å². The molecule has 1 amide bonds. The van der Waals surface area contributed by atoms with E-state index >= 15 is 0 Å².